The summed E-state index contributed by atoms with van der Waals surface area (Å²) in [5.74, 6) is 0.629. The number of carbonyl (C=O) groups excluding carboxylic acids is 4. The molecular formula is C107H112Br2N2O4S12. The molecule has 0 N–H and O–H groups in total. The molecular weight excluding hydrogens is 1920 g/mol. The van der Waals surface area contributed by atoms with Crippen molar-refractivity contribution in [3.63, 3.8) is 0 Å². The maximum atomic E-state index is 16.0. The number of fused-ring (bicyclic) bond motifs is 10. The van der Waals surface area contributed by atoms with Crippen molar-refractivity contribution in [3.05, 3.63) is 174 Å². The molecule has 16 aromatic rings. The van der Waals surface area contributed by atoms with Gasteiger partial charge in [-0.05, 0) is 160 Å². The molecule has 0 saturated carbocycles. The molecule has 20 heteroatoms. The molecule has 0 spiro atoms. The van der Waals surface area contributed by atoms with Crippen LogP contribution in [0.2, 0.25) is 0 Å². The summed E-state index contributed by atoms with van der Waals surface area (Å²) in [5.41, 5.74) is 8.50. The lowest BCUT2D eigenvalue weighted by molar-refractivity contribution is 0.0638. The van der Waals surface area contributed by atoms with E-state index < -0.39 is 0 Å². The number of amides is 4. The highest BCUT2D eigenvalue weighted by Gasteiger charge is 2.44. The average molecular weight is 2030 g/mol. The number of alkyl halides is 2. The van der Waals surface area contributed by atoms with Crippen molar-refractivity contribution in [1.82, 2.24) is 9.80 Å². The molecule has 0 fully saturated rings. The summed E-state index contributed by atoms with van der Waals surface area (Å²) in [7, 11) is 0. The minimum Gasteiger partial charge on any atom is -0.274 e. The van der Waals surface area contributed by atoms with Crippen LogP contribution >= 0.6 is 168 Å². The van der Waals surface area contributed by atoms with E-state index in [-0.39, 0.29) is 23.6 Å². The Morgan fingerprint density at radius 2 is 0.622 bits per heavy atom. The molecule has 0 saturated heterocycles. The lowest BCUT2D eigenvalue weighted by Gasteiger charge is -2.13. The first-order valence-electron chi connectivity index (χ1n) is 46.9. The Bertz CT molecular complexity index is 6390. The van der Waals surface area contributed by atoms with E-state index in [1.165, 1.54) is 225 Å². The van der Waals surface area contributed by atoms with Crippen LogP contribution in [-0.4, -0.2) is 57.2 Å². The van der Waals surface area contributed by atoms with Crippen LogP contribution < -0.4 is 0 Å². The van der Waals surface area contributed by atoms with E-state index in [2.05, 4.69) is 207 Å². The first-order valence-corrected chi connectivity index (χ1v) is 58.9. The summed E-state index contributed by atoms with van der Waals surface area (Å²) in [6, 6.07) is 51.0. The number of hydrogen-bond acceptors (Lipinski definition) is 16. The first-order chi connectivity index (χ1) is 62.3. The fraction of sp³-hybridized carbons (Fsp3) is 0.402. The molecule has 6 nitrogen and oxygen atoms in total. The summed E-state index contributed by atoms with van der Waals surface area (Å²) in [5, 5.41) is 8.84. The Balaban J connectivity index is 0.872. The number of thiophene rings is 12. The van der Waals surface area contributed by atoms with E-state index >= 15 is 14.4 Å². The Hall–Kier alpha value is -5.92. The fourth-order valence-corrected chi connectivity index (χ4v) is 35.6. The van der Waals surface area contributed by atoms with Gasteiger partial charge in [0, 0.05) is 161 Å². The van der Waals surface area contributed by atoms with Crippen LogP contribution in [0.1, 0.15) is 274 Å². The molecule has 0 radical (unpaired) electrons. The zero-order valence-corrected chi connectivity index (χ0v) is 86.8. The molecule has 2 aliphatic heterocycles. The van der Waals surface area contributed by atoms with Crippen LogP contribution in [0.4, 0.5) is 0 Å². The van der Waals surface area contributed by atoms with Gasteiger partial charge < -0.3 is 0 Å². The second-order valence-electron chi connectivity index (χ2n) is 34.9. The standard InChI is InChI=1S/C107H112Br2N2O4S12/c1-7-13-17-19-25-37-57-111-105(113)91-89-97(125-99(101(89)127-103(91)107(111)115)83-63-75-87(79-53-49-71(119-79)59-65(12-6)39-16-10-4)93-72(60-80(120-93)66-40-28-26-29-41-66)84(95(75)123-83)78-52-48-70(118-78)58-64(11-5)38-15-9-3)81-61-73-85(76-50-46-68(116-76)44-32-20-22-34-54-108)96-74(86(94(73)121-81)77-51-47-69(117-77)45-33-21-23-35-55-109)62-82(122-96)98-100-88(92(124-98)67-42-30-27-31-43-67)90-102(126-100)106(114)110(104(90)112)56-36-24-18-14-8-2/h26-31,40-43,46-53,60-65H,7-25,32-39,44-45,54-59H2,1-6H3. The summed E-state index contributed by atoms with van der Waals surface area (Å²) < 4.78 is 7.08. The Kier molecular flexibility index (Phi) is 30.4. The van der Waals surface area contributed by atoms with Crippen LogP contribution in [0.15, 0.2) is 133 Å². The molecule has 0 bridgehead atoms. The largest absolute Gasteiger partial charge is 0.274 e. The number of unbranched alkanes of at least 4 members (excludes halogenated alkanes) is 17. The quantitative estimate of drug-likeness (QED) is 0.0216. The highest BCUT2D eigenvalue weighted by atomic mass is 79.9. The molecule has 127 heavy (non-hydrogen) atoms. The number of carbonyl (C=O) groups is 4. The normalized spacial score (nSPS) is 13.6. The third-order valence-corrected chi connectivity index (χ3v) is 42.1. The smallest absolute Gasteiger partial charge is 0.271 e. The third kappa shape index (κ3) is 18.7. The monoisotopic (exact) mass is 2030 g/mol. The molecule has 0 aliphatic carbocycles. The molecule has 4 amide bonds. The first kappa shape index (κ1) is 91.6. The van der Waals surface area contributed by atoms with Crippen molar-refractivity contribution in [2.24, 2.45) is 11.8 Å². The van der Waals surface area contributed by atoms with Gasteiger partial charge in [-0.2, -0.15) is 0 Å². The molecule has 660 valence electrons. The lowest BCUT2D eigenvalue weighted by atomic mass is 9.95. The number of aryl methyl sites for hydroxylation is 2. The van der Waals surface area contributed by atoms with E-state index in [1.54, 1.807) is 32.5 Å². The number of imide groups is 2. The van der Waals surface area contributed by atoms with Crippen molar-refractivity contribution in [3.8, 4) is 91.9 Å². The van der Waals surface area contributed by atoms with Crippen LogP contribution in [-0.2, 0) is 25.7 Å². The van der Waals surface area contributed by atoms with Gasteiger partial charge in [0.1, 0.15) is 9.75 Å². The fourth-order valence-electron chi connectivity index (χ4n) is 19.1. The maximum Gasteiger partial charge on any atom is 0.271 e. The highest BCUT2D eigenvalue weighted by Crippen LogP contribution is 2.63. The van der Waals surface area contributed by atoms with E-state index in [0.717, 1.165) is 168 Å². The molecule has 2 aliphatic rings. The van der Waals surface area contributed by atoms with Gasteiger partial charge in [0.05, 0.1) is 35.2 Å². The minimum absolute atomic E-state index is 0.154. The SMILES string of the molecule is CCCCCCCCN1C(=O)c2sc3c(-c4cc5c(-c6ccc(CC(CC)CCCC)s6)c6sc(-c7ccccc7)cc6c(-c6ccc(CC(CC)CCCC)s6)c5s4)sc(-c4cc5c(-c6ccc(CCCCCCBr)s6)c6sc(-c7sc(-c8ccccc8)c8c9c(sc78)C(=O)N(CCCCCCC)C9=O)cc6c(-c6ccc(CCCCCCBr)s6)c5s4)c3c2C1=O. The predicted octanol–water partition coefficient (Wildman–Crippen LogP) is 38.4. The number of benzene rings is 4. The molecule has 12 aromatic heterocycles. The average Bonchev–Trinajstić information content (AvgIpc) is 1.54. The lowest BCUT2D eigenvalue weighted by Crippen LogP contribution is -2.30. The summed E-state index contributed by atoms with van der Waals surface area (Å²) >= 11 is 29.6. The molecule has 2 atom stereocenters. The van der Waals surface area contributed by atoms with Gasteiger partial charge in [0.25, 0.3) is 23.6 Å². The third-order valence-electron chi connectivity index (χ3n) is 26.1. The highest BCUT2D eigenvalue weighted by molar-refractivity contribution is 9.09. The Morgan fingerprint density at radius 3 is 1.04 bits per heavy atom. The minimum atomic E-state index is -0.163. The van der Waals surface area contributed by atoms with Gasteiger partial charge >= 0.3 is 0 Å². The second kappa shape index (κ2) is 42.1. The van der Waals surface area contributed by atoms with Crippen LogP contribution in [0.3, 0.4) is 0 Å². The van der Waals surface area contributed by atoms with Crippen molar-refractivity contribution in [1.29, 1.82) is 0 Å². The Labute approximate surface area is 814 Å². The number of hydrogen-bond donors (Lipinski definition) is 0. The summed E-state index contributed by atoms with van der Waals surface area (Å²) in [6.45, 7) is 14.7. The van der Waals surface area contributed by atoms with Crippen molar-refractivity contribution >= 4 is 252 Å². The molecule has 2 unspecified atom stereocenters. The van der Waals surface area contributed by atoms with Gasteiger partial charge in [-0.25, -0.2) is 0 Å². The summed E-state index contributed by atoms with van der Waals surface area (Å²) in [6.07, 6.45) is 34.8. The van der Waals surface area contributed by atoms with Gasteiger partial charge in [0.2, 0.25) is 0 Å². The van der Waals surface area contributed by atoms with Crippen LogP contribution in [0.25, 0.3) is 152 Å². The number of rotatable bonds is 46. The maximum absolute atomic E-state index is 16.0. The second-order valence-corrected chi connectivity index (χ2v) is 49.5. The zero-order chi connectivity index (χ0) is 87.3. The van der Waals surface area contributed by atoms with Crippen molar-refractivity contribution < 1.29 is 19.2 Å². The zero-order valence-electron chi connectivity index (χ0n) is 73.8. The number of halogens is 2. The van der Waals surface area contributed by atoms with Crippen molar-refractivity contribution in [2.75, 3.05) is 23.7 Å². The van der Waals surface area contributed by atoms with E-state index in [9.17, 15) is 4.79 Å². The van der Waals surface area contributed by atoms with Crippen LogP contribution in [0, 0.1) is 11.8 Å². The van der Waals surface area contributed by atoms with Gasteiger partial charge in [-0.15, -0.1) is 136 Å². The topological polar surface area (TPSA) is 74.8 Å². The molecule has 14 heterocycles. The van der Waals surface area contributed by atoms with Crippen molar-refractivity contribution in [2.45, 2.75) is 241 Å². The van der Waals surface area contributed by atoms with E-state index in [0.29, 0.717) is 45.8 Å². The predicted molar refractivity (Wildman–Crippen MR) is 574 cm³/mol. The van der Waals surface area contributed by atoms with E-state index in [4.69, 9.17) is 0 Å². The molecule has 4 aromatic carbocycles. The summed E-state index contributed by atoms with van der Waals surface area (Å²) in [4.78, 5) is 85.5. The molecule has 18 rings (SSSR count). The van der Waals surface area contributed by atoms with Crippen LogP contribution in [0.5, 0.6) is 0 Å². The van der Waals surface area contributed by atoms with Gasteiger partial charge in [-0.1, -0.05) is 269 Å². The Morgan fingerprint density at radius 1 is 0.276 bits per heavy atom. The van der Waals surface area contributed by atoms with Gasteiger partial charge in [-0.3, -0.25) is 29.0 Å². The van der Waals surface area contributed by atoms with Gasteiger partial charge in [0.15, 0.2) is 0 Å². The number of nitrogens with zero attached hydrogens (tertiary/aromatic N) is 2. The van der Waals surface area contributed by atoms with E-state index in [1.807, 2.05) is 102 Å².